The Morgan fingerprint density at radius 2 is 2.28 bits per heavy atom. The SMILES string of the molecule is CC(CN)N(C)C(=O)CCNC(=O)c1ccsc1. The lowest BCUT2D eigenvalue weighted by Gasteiger charge is -2.23. The maximum absolute atomic E-state index is 11.7. The van der Waals surface area contributed by atoms with Crippen molar-refractivity contribution in [3.05, 3.63) is 22.4 Å². The Hall–Kier alpha value is -1.40. The van der Waals surface area contributed by atoms with Gasteiger partial charge in [0.1, 0.15) is 0 Å². The number of nitrogens with two attached hydrogens (primary N) is 1. The van der Waals surface area contributed by atoms with Gasteiger partial charge in [0.2, 0.25) is 5.91 Å². The highest BCUT2D eigenvalue weighted by Crippen LogP contribution is 2.05. The predicted octanol–water partition coefficient (Wildman–Crippen LogP) is 0.674. The molecule has 1 rings (SSSR count). The van der Waals surface area contributed by atoms with Crippen molar-refractivity contribution in [2.45, 2.75) is 19.4 Å². The lowest BCUT2D eigenvalue weighted by Crippen LogP contribution is -2.41. The van der Waals surface area contributed by atoms with E-state index in [0.29, 0.717) is 18.7 Å². The zero-order chi connectivity index (χ0) is 13.5. The standard InChI is InChI=1S/C12H19N3O2S/c1-9(7-13)15(2)11(16)3-5-14-12(17)10-4-6-18-8-10/h4,6,8-9H,3,5,7,13H2,1-2H3,(H,14,17). The minimum Gasteiger partial charge on any atom is -0.351 e. The van der Waals surface area contributed by atoms with Crippen LogP contribution in [0.1, 0.15) is 23.7 Å². The fourth-order valence-corrected chi connectivity index (χ4v) is 1.99. The maximum Gasteiger partial charge on any atom is 0.252 e. The third-order valence-electron chi connectivity index (χ3n) is 2.80. The Kier molecular flexibility index (Phi) is 5.80. The molecule has 0 radical (unpaired) electrons. The molecule has 1 aromatic rings. The van der Waals surface area contributed by atoms with Gasteiger partial charge in [-0.3, -0.25) is 9.59 Å². The molecule has 100 valence electrons. The Labute approximate surface area is 111 Å². The first-order valence-electron chi connectivity index (χ1n) is 5.82. The highest BCUT2D eigenvalue weighted by atomic mass is 32.1. The largest absolute Gasteiger partial charge is 0.351 e. The smallest absolute Gasteiger partial charge is 0.252 e. The number of carbonyl (C=O) groups is 2. The number of nitrogens with zero attached hydrogens (tertiary/aromatic N) is 1. The van der Waals surface area contributed by atoms with Crippen molar-refractivity contribution in [1.82, 2.24) is 10.2 Å². The van der Waals surface area contributed by atoms with E-state index in [1.165, 1.54) is 11.3 Å². The molecule has 18 heavy (non-hydrogen) atoms. The Morgan fingerprint density at radius 1 is 1.56 bits per heavy atom. The van der Waals surface area contributed by atoms with Crippen molar-refractivity contribution >= 4 is 23.2 Å². The second-order valence-electron chi connectivity index (χ2n) is 4.11. The van der Waals surface area contributed by atoms with Crippen molar-refractivity contribution < 1.29 is 9.59 Å². The van der Waals surface area contributed by atoms with Gasteiger partial charge in [-0.1, -0.05) is 0 Å². The van der Waals surface area contributed by atoms with Crippen molar-refractivity contribution in [1.29, 1.82) is 0 Å². The third-order valence-corrected chi connectivity index (χ3v) is 3.49. The maximum atomic E-state index is 11.7. The molecule has 0 aliphatic rings. The van der Waals surface area contributed by atoms with Crippen LogP contribution < -0.4 is 11.1 Å². The number of likely N-dealkylation sites (N-methyl/N-ethyl adjacent to an activating group) is 1. The van der Waals surface area contributed by atoms with Gasteiger partial charge >= 0.3 is 0 Å². The molecular formula is C12H19N3O2S. The number of hydrogen-bond donors (Lipinski definition) is 2. The summed E-state index contributed by atoms with van der Waals surface area (Å²) in [5, 5.41) is 6.34. The van der Waals surface area contributed by atoms with E-state index in [9.17, 15) is 9.59 Å². The number of carbonyl (C=O) groups excluding carboxylic acids is 2. The second-order valence-corrected chi connectivity index (χ2v) is 4.89. The van der Waals surface area contributed by atoms with E-state index in [4.69, 9.17) is 5.73 Å². The first kappa shape index (κ1) is 14.7. The molecule has 5 nitrogen and oxygen atoms in total. The molecule has 1 unspecified atom stereocenters. The molecule has 0 spiro atoms. The molecule has 1 aromatic heterocycles. The average Bonchev–Trinajstić information content (AvgIpc) is 2.90. The number of nitrogens with one attached hydrogen (secondary N) is 1. The Bertz CT molecular complexity index is 392. The highest BCUT2D eigenvalue weighted by Gasteiger charge is 2.14. The van der Waals surface area contributed by atoms with Crippen LogP contribution in [0.5, 0.6) is 0 Å². The average molecular weight is 269 g/mol. The van der Waals surface area contributed by atoms with Gasteiger partial charge in [0, 0.05) is 43.5 Å². The monoisotopic (exact) mass is 269 g/mol. The minimum absolute atomic E-state index is 0.0152. The van der Waals surface area contributed by atoms with E-state index in [0.717, 1.165) is 0 Å². The minimum atomic E-state index is -0.140. The number of amides is 2. The van der Waals surface area contributed by atoms with Crippen molar-refractivity contribution in [3.8, 4) is 0 Å². The third kappa shape index (κ3) is 4.12. The summed E-state index contributed by atoms with van der Waals surface area (Å²) in [5.41, 5.74) is 6.12. The fraction of sp³-hybridized carbons (Fsp3) is 0.500. The summed E-state index contributed by atoms with van der Waals surface area (Å²) in [6, 6.07) is 1.77. The highest BCUT2D eigenvalue weighted by molar-refractivity contribution is 7.08. The van der Waals surface area contributed by atoms with E-state index in [1.54, 1.807) is 23.4 Å². The molecule has 0 aliphatic heterocycles. The molecule has 3 N–H and O–H groups in total. The van der Waals surface area contributed by atoms with Gasteiger partial charge in [0.05, 0.1) is 0 Å². The molecule has 1 atom stereocenters. The van der Waals surface area contributed by atoms with E-state index < -0.39 is 0 Å². The summed E-state index contributed by atoms with van der Waals surface area (Å²) in [4.78, 5) is 24.9. The van der Waals surface area contributed by atoms with Crippen LogP contribution in [0.15, 0.2) is 16.8 Å². The molecule has 0 aliphatic carbocycles. The molecule has 0 aromatic carbocycles. The Balaban J connectivity index is 2.29. The number of hydrogen-bond acceptors (Lipinski definition) is 4. The van der Waals surface area contributed by atoms with Crippen LogP contribution in [0.2, 0.25) is 0 Å². The van der Waals surface area contributed by atoms with Crippen LogP contribution in [0.4, 0.5) is 0 Å². The quantitative estimate of drug-likeness (QED) is 0.797. The zero-order valence-corrected chi connectivity index (χ0v) is 11.5. The van der Waals surface area contributed by atoms with Crippen LogP contribution in [-0.2, 0) is 4.79 Å². The van der Waals surface area contributed by atoms with E-state index in [2.05, 4.69) is 5.32 Å². The van der Waals surface area contributed by atoms with Gasteiger partial charge in [0.15, 0.2) is 0 Å². The normalized spacial score (nSPS) is 11.9. The van der Waals surface area contributed by atoms with Crippen LogP contribution in [0, 0.1) is 0 Å². The van der Waals surface area contributed by atoms with E-state index in [-0.39, 0.29) is 24.3 Å². The topological polar surface area (TPSA) is 75.4 Å². The lowest BCUT2D eigenvalue weighted by atomic mass is 10.2. The fourth-order valence-electron chi connectivity index (χ4n) is 1.36. The zero-order valence-electron chi connectivity index (χ0n) is 10.7. The number of thiophene rings is 1. The molecule has 0 bridgehead atoms. The van der Waals surface area contributed by atoms with Gasteiger partial charge in [-0.25, -0.2) is 0 Å². The van der Waals surface area contributed by atoms with E-state index >= 15 is 0 Å². The second kappa shape index (κ2) is 7.13. The summed E-state index contributed by atoms with van der Waals surface area (Å²) in [7, 11) is 1.72. The summed E-state index contributed by atoms with van der Waals surface area (Å²) >= 11 is 1.47. The molecular weight excluding hydrogens is 250 g/mol. The van der Waals surface area contributed by atoms with Gasteiger partial charge < -0.3 is 16.0 Å². The molecule has 6 heteroatoms. The molecule has 2 amide bonds. The molecule has 1 heterocycles. The predicted molar refractivity (Wildman–Crippen MR) is 72.6 cm³/mol. The number of rotatable bonds is 6. The summed E-state index contributed by atoms with van der Waals surface area (Å²) in [6.45, 7) is 2.67. The van der Waals surface area contributed by atoms with Crippen LogP contribution in [0.25, 0.3) is 0 Å². The summed E-state index contributed by atoms with van der Waals surface area (Å²) in [5.74, 6) is -0.155. The van der Waals surface area contributed by atoms with Gasteiger partial charge in [-0.2, -0.15) is 11.3 Å². The van der Waals surface area contributed by atoms with E-state index in [1.807, 2.05) is 12.3 Å². The Morgan fingerprint density at radius 3 is 2.83 bits per heavy atom. The van der Waals surface area contributed by atoms with Gasteiger partial charge in [-0.05, 0) is 18.4 Å². The van der Waals surface area contributed by atoms with Crippen molar-refractivity contribution in [3.63, 3.8) is 0 Å². The van der Waals surface area contributed by atoms with Gasteiger partial charge in [-0.15, -0.1) is 0 Å². The first-order valence-corrected chi connectivity index (χ1v) is 6.76. The lowest BCUT2D eigenvalue weighted by molar-refractivity contribution is -0.131. The van der Waals surface area contributed by atoms with Gasteiger partial charge in [0.25, 0.3) is 5.91 Å². The first-order chi connectivity index (χ1) is 8.56. The molecule has 0 saturated carbocycles. The molecule has 0 saturated heterocycles. The molecule has 0 fully saturated rings. The van der Waals surface area contributed by atoms with Crippen molar-refractivity contribution in [2.75, 3.05) is 20.1 Å². The van der Waals surface area contributed by atoms with Crippen LogP contribution in [-0.4, -0.2) is 42.9 Å². The summed E-state index contributed by atoms with van der Waals surface area (Å²) in [6.07, 6.45) is 0.288. The summed E-state index contributed by atoms with van der Waals surface area (Å²) < 4.78 is 0. The van der Waals surface area contributed by atoms with Crippen LogP contribution >= 0.6 is 11.3 Å². The van der Waals surface area contributed by atoms with Crippen LogP contribution in [0.3, 0.4) is 0 Å². The van der Waals surface area contributed by atoms with Crippen molar-refractivity contribution in [2.24, 2.45) is 5.73 Å².